The first-order valence-corrected chi connectivity index (χ1v) is 9.79. The lowest BCUT2D eigenvalue weighted by Crippen LogP contribution is -2.29. The Morgan fingerprint density at radius 1 is 1.07 bits per heavy atom. The van der Waals surface area contributed by atoms with Crippen LogP contribution in [0.4, 0.5) is 8.78 Å². The van der Waals surface area contributed by atoms with Crippen LogP contribution >= 0.6 is 11.6 Å². The third-order valence-electron chi connectivity index (χ3n) is 5.60. The summed E-state index contributed by atoms with van der Waals surface area (Å²) in [4.78, 5) is 4.64. The van der Waals surface area contributed by atoms with Crippen LogP contribution in [-0.4, -0.2) is 16.1 Å². The second-order valence-electron chi connectivity index (χ2n) is 7.27. The van der Waals surface area contributed by atoms with Crippen LogP contribution in [0.2, 0.25) is 5.02 Å². The van der Waals surface area contributed by atoms with Crippen molar-refractivity contribution in [2.45, 2.75) is 38.1 Å². The Balaban J connectivity index is 1.92. The number of nitrogens with zero attached hydrogens (tertiary/aromatic N) is 2. The third kappa shape index (κ3) is 3.46. The van der Waals surface area contributed by atoms with Crippen LogP contribution in [0.25, 0.3) is 22.4 Å². The molecule has 1 aliphatic rings. The molecule has 27 heavy (non-hydrogen) atoms. The van der Waals surface area contributed by atoms with Gasteiger partial charge in [0.1, 0.15) is 5.82 Å². The van der Waals surface area contributed by atoms with E-state index < -0.39 is 11.6 Å². The first-order chi connectivity index (χ1) is 13.1. The number of halogens is 3. The summed E-state index contributed by atoms with van der Waals surface area (Å²) < 4.78 is 29.9. The van der Waals surface area contributed by atoms with E-state index in [0.29, 0.717) is 34.3 Å². The quantitative estimate of drug-likeness (QED) is 0.620. The second-order valence-corrected chi connectivity index (χ2v) is 7.70. The summed E-state index contributed by atoms with van der Waals surface area (Å²) in [5, 5.41) is 0.626. The zero-order valence-corrected chi connectivity index (χ0v) is 15.7. The zero-order valence-electron chi connectivity index (χ0n) is 15.0. The minimum absolute atomic E-state index is 0.00848. The van der Waals surface area contributed by atoms with Gasteiger partial charge in [-0.05, 0) is 43.0 Å². The molecule has 2 aromatic carbocycles. The monoisotopic (exact) mass is 389 g/mol. The van der Waals surface area contributed by atoms with Gasteiger partial charge in [-0.15, -0.1) is 0 Å². The maximum Gasteiger partial charge on any atom is 0.161 e. The highest BCUT2D eigenvalue weighted by molar-refractivity contribution is 6.30. The molecule has 142 valence electrons. The Labute approximate surface area is 162 Å². The van der Waals surface area contributed by atoms with E-state index in [2.05, 4.69) is 4.98 Å². The number of benzene rings is 2. The summed E-state index contributed by atoms with van der Waals surface area (Å²) in [6, 6.07) is 9.73. The Morgan fingerprint density at radius 3 is 2.41 bits per heavy atom. The van der Waals surface area contributed by atoms with Crippen LogP contribution in [0.1, 0.15) is 38.1 Å². The molecular weight excluding hydrogens is 368 g/mol. The smallest absolute Gasteiger partial charge is 0.161 e. The van der Waals surface area contributed by atoms with Crippen LogP contribution in [0.3, 0.4) is 0 Å². The first-order valence-electron chi connectivity index (χ1n) is 9.41. The highest BCUT2D eigenvalue weighted by Gasteiger charge is 2.28. The van der Waals surface area contributed by atoms with Crippen molar-refractivity contribution in [1.29, 1.82) is 0 Å². The molecule has 1 saturated carbocycles. The summed E-state index contributed by atoms with van der Waals surface area (Å²) in [6.45, 7) is 0.426. The fourth-order valence-electron chi connectivity index (χ4n) is 4.26. The molecule has 0 amide bonds. The first kappa shape index (κ1) is 18.4. The van der Waals surface area contributed by atoms with Gasteiger partial charge in [0.05, 0.1) is 17.1 Å². The Bertz CT molecular complexity index is 946. The summed E-state index contributed by atoms with van der Waals surface area (Å²) >= 11 is 6.02. The van der Waals surface area contributed by atoms with Gasteiger partial charge in [-0.1, -0.05) is 30.9 Å². The molecule has 0 radical (unpaired) electrons. The molecule has 1 atom stereocenters. The van der Waals surface area contributed by atoms with E-state index in [1.54, 1.807) is 12.1 Å². The van der Waals surface area contributed by atoms with Gasteiger partial charge >= 0.3 is 0 Å². The summed E-state index contributed by atoms with van der Waals surface area (Å²) in [7, 11) is 0. The Hall–Kier alpha value is -1.98. The molecule has 1 unspecified atom stereocenters. The average molecular weight is 390 g/mol. The highest BCUT2D eigenvalue weighted by atomic mass is 35.5. The summed E-state index contributed by atoms with van der Waals surface area (Å²) in [5.41, 5.74) is 8.06. The van der Waals surface area contributed by atoms with Crippen LogP contribution < -0.4 is 5.73 Å². The number of nitrogens with two attached hydrogens (primary N) is 1. The van der Waals surface area contributed by atoms with E-state index in [1.165, 1.54) is 25.3 Å². The normalized spacial score (nSPS) is 16.7. The molecule has 1 aliphatic carbocycles. The molecule has 0 spiro atoms. The van der Waals surface area contributed by atoms with Gasteiger partial charge in [-0.3, -0.25) is 0 Å². The zero-order chi connectivity index (χ0) is 19.0. The third-order valence-corrected chi connectivity index (χ3v) is 5.85. The van der Waals surface area contributed by atoms with Gasteiger partial charge in [-0.2, -0.15) is 0 Å². The summed E-state index contributed by atoms with van der Waals surface area (Å²) in [6.07, 6.45) is 5.76. The highest BCUT2D eigenvalue weighted by Crippen LogP contribution is 2.38. The molecule has 0 bridgehead atoms. The maximum absolute atomic E-state index is 14.0. The molecule has 1 aromatic heterocycles. The molecule has 0 saturated heterocycles. The number of aromatic nitrogens is 2. The molecule has 6 heteroatoms. The van der Waals surface area contributed by atoms with Crippen molar-refractivity contribution >= 4 is 22.6 Å². The molecule has 1 heterocycles. The minimum atomic E-state index is -0.892. The standard InChI is InChI=1S/C21H22ClF2N3/c22-15-8-6-14(7-9-15)21-26-18-10-16(23)17(24)11-19(18)27(21)20(12-25)13-4-2-1-3-5-13/h6-11,13,20H,1-5,12,25H2. The van der Waals surface area contributed by atoms with Crippen LogP contribution in [0.5, 0.6) is 0 Å². The number of hydrogen-bond donors (Lipinski definition) is 1. The Kier molecular flexibility index (Phi) is 5.15. The predicted octanol–water partition coefficient (Wildman–Crippen LogP) is 5.72. The van der Waals surface area contributed by atoms with Gasteiger partial charge in [0.25, 0.3) is 0 Å². The van der Waals surface area contributed by atoms with Gasteiger partial charge < -0.3 is 10.3 Å². The van der Waals surface area contributed by atoms with Crippen LogP contribution in [0, 0.1) is 17.6 Å². The van der Waals surface area contributed by atoms with Crippen molar-refractivity contribution in [3.8, 4) is 11.4 Å². The van der Waals surface area contributed by atoms with Crippen molar-refractivity contribution in [3.63, 3.8) is 0 Å². The lowest BCUT2D eigenvalue weighted by Gasteiger charge is -2.32. The van der Waals surface area contributed by atoms with Crippen molar-refractivity contribution in [2.75, 3.05) is 6.54 Å². The van der Waals surface area contributed by atoms with Crippen molar-refractivity contribution in [2.24, 2.45) is 11.7 Å². The average Bonchev–Trinajstić information content (AvgIpc) is 3.02. The van der Waals surface area contributed by atoms with E-state index >= 15 is 0 Å². The van der Waals surface area contributed by atoms with Gasteiger partial charge in [0, 0.05) is 29.3 Å². The lowest BCUT2D eigenvalue weighted by molar-refractivity contribution is 0.258. The van der Waals surface area contributed by atoms with Crippen molar-refractivity contribution in [3.05, 3.63) is 53.1 Å². The molecule has 0 aliphatic heterocycles. The molecule has 2 N–H and O–H groups in total. The van der Waals surface area contributed by atoms with Crippen LogP contribution in [0.15, 0.2) is 36.4 Å². The van der Waals surface area contributed by atoms with Crippen LogP contribution in [-0.2, 0) is 0 Å². The molecule has 1 fully saturated rings. The molecule has 3 aromatic rings. The largest absolute Gasteiger partial charge is 0.328 e. The minimum Gasteiger partial charge on any atom is -0.328 e. The number of fused-ring (bicyclic) bond motifs is 1. The molecule has 3 nitrogen and oxygen atoms in total. The fraction of sp³-hybridized carbons (Fsp3) is 0.381. The van der Waals surface area contributed by atoms with Crippen molar-refractivity contribution in [1.82, 2.24) is 9.55 Å². The molecule has 4 rings (SSSR count). The van der Waals surface area contributed by atoms with Gasteiger partial charge in [0.15, 0.2) is 11.6 Å². The van der Waals surface area contributed by atoms with Gasteiger partial charge in [-0.25, -0.2) is 13.8 Å². The summed E-state index contributed by atoms with van der Waals surface area (Å²) in [5.74, 6) is -0.685. The van der Waals surface area contributed by atoms with E-state index in [9.17, 15) is 8.78 Å². The Morgan fingerprint density at radius 2 is 1.74 bits per heavy atom. The lowest BCUT2D eigenvalue weighted by atomic mass is 9.83. The molecular formula is C21H22ClF2N3. The van der Waals surface area contributed by atoms with Crippen molar-refractivity contribution < 1.29 is 8.78 Å². The number of hydrogen-bond acceptors (Lipinski definition) is 2. The van der Waals surface area contributed by atoms with E-state index in [1.807, 2.05) is 16.7 Å². The van der Waals surface area contributed by atoms with E-state index in [-0.39, 0.29) is 6.04 Å². The number of rotatable bonds is 4. The maximum atomic E-state index is 14.0. The van der Waals surface area contributed by atoms with E-state index in [4.69, 9.17) is 17.3 Å². The predicted molar refractivity (Wildman–Crippen MR) is 105 cm³/mol. The fourth-order valence-corrected chi connectivity index (χ4v) is 4.38. The van der Waals surface area contributed by atoms with Gasteiger partial charge in [0.2, 0.25) is 0 Å². The topological polar surface area (TPSA) is 43.8 Å². The number of imidazole rings is 1. The van der Waals surface area contributed by atoms with E-state index in [0.717, 1.165) is 24.5 Å². The second kappa shape index (κ2) is 7.56. The SMILES string of the molecule is NCC(C1CCCCC1)n1c(-c2ccc(Cl)cc2)nc2cc(F)c(F)cc21.